The molecule has 0 unspecified atom stereocenters. The van der Waals surface area contributed by atoms with Gasteiger partial charge in [-0.3, -0.25) is 0 Å². The van der Waals surface area contributed by atoms with Gasteiger partial charge in [0, 0.05) is 24.5 Å². The lowest BCUT2D eigenvalue weighted by atomic mass is 10.1. The molecule has 0 aromatic heterocycles. The van der Waals surface area contributed by atoms with Gasteiger partial charge in [0.25, 0.3) is 0 Å². The summed E-state index contributed by atoms with van der Waals surface area (Å²) < 4.78 is 5.17. The molecule has 3 nitrogen and oxygen atoms in total. The Morgan fingerprint density at radius 1 is 1.30 bits per heavy atom. The van der Waals surface area contributed by atoms with Crippen molar-refractivity contribution < 1.29 is 4.74 Å². The Labute approximate surface area is 121 Å². The maximum absolute atomic E-state index is 5.17. The first-order chi connectivity index (χ1) is 9.54. The molecule has 0 saturated heterocycles. The van der Waals surface area contributed by atoms with Crippen LogP contribution in [0.25, 0.3) is 0 Å². The fourth-order valence-electron chi connectivity index (χ4n) is 1.84. The van der Waals surface area contributed by atoms with Crippen LogP contribution in [0.3, 0.4) is 0 Å². The zero-order valence-corrected chi connectivity index (χ0v) is 12.7. The maximum atomic E-state index is 5.17. The molecule has 20 heavy (non-hydrogen) atoms. The topological polar surface area (TPSA) is 24.8 Å². The lowest BCUT2D eigenvalue weighted by Gasteiger charge is -2.22. The molecule has 0 spiro atoms. The largest absolute Gasteiger partial charge is 0.497 e. The Morgan fingerprint density at radius 3 is 2.30 bits per heavy atom. The first-order valence-corrected chi connectivity index (χ1v) is 6.44. The Bertz CT molecular complexity index is 539. The average Bonchev–Trinajstić information content (AvgIpc) is 2.46. The van der Waals surface area contributed by atoms with E-state index in [1.165, 1.54) is 0 Å². The molecule has 0 saturated carbocycles. The highest BCUT2D eigenvalue weighted by atomic mass is 16.5. The molecule has 0 heterocycles. The van der Waals surface area contributed by atoms with Gasteiger partial charge in [0.2, 0.25) is 0 Å². The highest BCUT2D eigenvalue weighted by Crippen LogP contribution is 2.25. The highest BCUT2D eigenvalue weighted by molar-refractivity contribution is 5.62. The molecule has 0 aliphatic carbocycles. The summed E-state index contributed by atoms with van der Waals surface area (Å²) in [4.78, 5) is 6.46. The molecule has 1 rings (SSSR count). The molecular weight excluding hydrogens is 248 g/mol. The van der Waals surface area contributed by atoms with Crippen molar-refractivity contribution >= 4 is 11.9 Å². The fraction of sp³-hybridized carbons (Fsp3) is 0.235. The maximum Gasteiger partial charge on any atom is 0.139 e. The first-order valence-electron chi connectivity index (χ1n) is 6.44. The number of rotatable bonds is 6. The third-order valence-electron chi connectivity index (χ3n) is 2.93. The van der Waals surface area contributed by atoms with Crippen LogP contribution < -0.4 is 9.64 Å². The first kappa shape index (κ1) is 15.8. The summed E-state index contributed by atoms with van der Waals surface area (Å²) >= 11 is 0. The number of hydrogen-bond donors (Lipinski definition) is 0. The van der Waals surface area contributed by atoms with Crippen molar-refractivity contribution in [3.63, 3.8) is 0 Å². The quantitative estimate of drug-likeness (QED) is 0.572. The van der Waals surface area contributed by atoms with E-state index in [-0.39, 0.29) is 0 Å². The van der Waals surface area contributed by atoms with Crippen LogP contribution in [-0.2, 0) is 0 Å². The summed E-state index contributed by atoms with van der Waals surface area (Å²) in [5.41, 5.74) is 2.88. The zero-order valence-electron chi connectivity index (χ0n) is 12.7. The lowest BCUT2D eigenvalue weighted by Crippen LogP contribution is -2.17. The average molecular weight is 270 g/mol. The Kier molecular flexibility index (Phi) is 5.78. The molecule has 0 amide bonds. The summed E-state index contributed by atoms with van der Waals surface area (Å²) in [6.07, 6.45) is 3.55. The molecule has 0 aliphatic rings. The van der Waals surface area contributed by atoms with E-state index in [9.17, 15) is 0 Å². The molecule has 106 valence electrons. The molecular formula is C17H22N2O. The van der Waals surface area contributed by atoms with Gasteiger partial charge >= 0.3 is 0 Å². The molecule has 0 aliphatic heterocycles. The summed E-state index contributed by atoms with van der Waals surface area (Å²) in [5.74, 6) is 1.65. The van der Waals surface area contributed by atoms with E-state index in [1.54, 1.807) is 19.4 Å². The number of hydrogen-bond acceptors (Lipinski definition) is 3. The third-order valence-corrected chi connectivity index (χ3v) is 2.93. The summed E-state index contributed by atoms with van der Waals surface area (Å²) in [5, 5.41) is 0. The predicted octanol–water partition coefficient (Wildman–Crippen LogP) is 4.20. The van der Waals surface area contributed by atoms with E-state index in [1.807, 2.05) is 50.1 Å². The monoisotopic (exact) mass is 270 g/mol. The Hall–Kier alpha value is -2.29. The van der Waals surface area contributed by atoms with Gasteiger partial charge in [-0.15, -0.1) is 0 Å². The van der Waals surface area contributed by atoms with Crippen LogP contribution in [0.4, 0.5) is 5.69 Å². The van der Waals surface area contributed by atoms with E-state index in [2.05, 4.69) is 18.2 Å². The van der Waals surface area contributed by atoms with Crippen LogP contribution in [0.1, 0.15) is 13.8 Å². The van der Waals surface area contributed by atoms with Crippen molar-refractivity contribution in [3.05, 3.63) is 60.5 Å². The second-order valence-electron chi connectivity index (χ2n) is 4.37. The van der Waals surface area contributed by atoms with Crippen molar-refractivity contribution in [2.24, 2.45) is 4.99 Å². The zero-order chi connectivity index (χ0) is 15.1. The molecule has 0 fully saturated rings. The van der Waals surface area contributed by atoms with Gasteiger partial charge in [-0.2, -0.15) is 0 Å². The number of benzene rings is 1. The molecule has 1 aromatic rings. The number of anilines is 1. The lowest BCUT2D eigenvalue weighted by molar-refractivity contribution is 0.415. The second kappa shape index (κ2) is 7.34. The normalized spacial score (nSPS) is 12.0. The molecule has 1 aromatic carbocycles. The van der Waals surface area contributed by atoms with E-state index in [0.717, 1.165) is 28.4 Å². The molecule has 3 heteroatoms. The molecule has 0 N–H and O–H groups in total. The number of ether oxygens (including phenoxy) is 1. The van der Waals surface area contributed by atoms with Crippen molar-refractivity contribution in [2.75, 3.05) is 19.1 Å². The summed E-state index contributed by atoms with van der Waals surface area (Å²) in [6, 6.07) is 7.83. The minimum Gasteiger partial charge on any atom is -0.497 e. The van der Waals surface area contributed by atoms with Gasteiger partial charge in [0.15, 0.2) is 0 Å². The van der Waals surface area contributed by atoms with Crippen molar-refractivity contribution in [1.82, 2.24) is 0 Å². The van der Waals surface area contributed by atoms with Crippen LogP contribution in [0, 0.1) is 0 Å². The number of aliphatic imine (C=N–C) groups is 1. The predicted molar refractivity (Wildman–Crippen MR) is 87.6 cm³/mol. The smallest absolute Gasteiger partial charge is 0.139 e. The summed E-state index contributed by atoms with van der Waals surface area (Å²) in [6.45, 7) is 11.7. The molecule has 0 atom stereocenters. The second-order valence-corrected chi connectivity index (χ2v) is 4.37. The van der Waals surface area contributed by atoms with E-state index in [0.29, 0.717) is 0 Å². The minimum atomic E-state index is 0.820. The number of allylic oxidation sites excluding steroid dienone is 3. The van der Waals surface area contributed by atoms with Gasteiger partial charge in [0.05, 0.1) is 7.11 Å². The Balaban J connectivity index is 3.26. The van der Waals surface area contributed by atoms with Crippen LogP contribution in [0.2, 0.25) is 0 Å². The third kappa shape index (κ3) is 3.60. The fourth-order valence-corrected chi connectivity index (χ4v) is 1.84. The highest BCUT2D eigenvalue weighted by Gasteiger charge is 2.11. The van der Waals surface area contributed by atoms with Crippen LogP contribution in [-0.4, -0.2) is 20.4 Å². The molecule has 0 bridgehead atoms. The SMILES string of the molecule is C=C/C(C(=C)C)=C(/N=CC)N(C)c1ccc(OC)cc1. The number of methoxy groups -OCH3 is 1. The van der Waals surface area contributed by atoms with Gasteiger partial charge in [-0.05, 0) is 43.7 Å². The Morgan fingerprint density at radius 2 is 1.90 bits per heavy atom. The van der Waals surface area contributed by atoms with Gasteiger partial charge < -0.3 is 9.64 Å². The summed E-state index contributed by atoms with van der Waals surface area (Å²) in [7, 11) is 3.62. The van der Waals surface area contributed by atoms with Gasteiger partial charge in [0.1, 0.15) is 11.6 Å². The van der Waals surface area contributed by atoms with E-state index >= 15 is 0 Å². The van der Waals surface area contributed by atoms with E-state index in [4.69, 9.17) is 4.74 Å². The number of nitrogens with zero attached hydrogens (tertiary/aromatic N) is 2. The van der Waals surface area contributed by atoms with Gasteiger partial charge in [-0.1, -0.05) is 19.2 Å². The van der Waals surface area contributed by atoms with Crippen molar-refractivity contribution in [1.29, 1.82) is 0 Å². The van der Waals surface area contributed by atoms with Crippen molar-refractivity contribution in [2.45, 2.75) is 13.8 Å². The van der Waals surface area contributed by atoms with Crippen LogP contribution in [0.15, 0.2) is 65.5 Å². The van der Waals surface area contributed by atoms with Crippen molar-refractivity contribution in [3.8, 4) is 5.75 Å². The van der Waals surface area contributed by atoms with E-state index < -0.39 is 0 Å². The van der Waals surface area contributed by atoms with Crippen LogP contribution >= 0.6 is 0 Å². The minimum absolute atomic E-state index is 0.820. The van der Waals surface area contributed by atoms with Gasteiger partial charge in [-0.25, -0.2) is 4.99 Å². The van der Waals surface area contributed by atoms with Crippen LogP contribution in [0.5, 0.6) is 5.75 Å². The molecule has 0 radical (unpaired) electrons. The standard InChI is InChI=1S/C17H22N2O/c1-7-16(13(3)4)17(18-8-2)19(5)14-9-11-15(20-6)12-10-14/h7-12H,1,3H2,2,4-6H3/b17-16+,18-8?.